The molecule has 0 saturated carbocycles. The van der Waals surface area contributed by atoms with Crippen molar-refractivity contribution in [2.24, 2.45) is 5.73 Å². The van der Waals surface area contributed by atoms with E-state index in [-0.39, 0.29) is 12.4 Å². The molecule has 4 nitrogen and oxygen atoms in total. The number of hydrogen-bond acceptors (Lipinski definition) is 4. The summed E-state index contributed by atoms with van der Waals surface area (Å²) in [5.41, 5.74) is 6.97. The van der Waals surface area contributed by atoms with Crippen molar-refractivity contribution in [2.45, 2.75) is 19.0 Å². The van der Waals surface area contributed by atoms with Crippen LogP contribution in [0.3, 0.4) is 0 Å². The highest BCUT2D eigenvalue weighted by Crippen LogP contribution is 2.10. The van der Waals surface area contributed by atoms with Crippen LogP contribution in [0.15, 0.2) is 18.7 Å². The summed E-state index contributed by atoms with van der Waals surface area (Å²) in [5, 5.41) is 0. The van der Waals surface area contributed by atoms with Crippen LogP contribution in [-0.2, 0) is 6.54 Å². The monoisotopic (exact) mass is 214 g/mol. The van der Waals surface area contributed by atoms with Gasteiger partial charge in [0.05, 0.1) is 0 Å². The third-order valence-electron chi connectivity index (χ3n) is 2.33. The predicted octanol–water partition coefficient (Wildman–Crippen LogP) is 0.431. The fourth-order valence-electron chi connectivity index (χ4n) is 1.68. The number of halogens is 1. The van der Waals surface area contributed by atoms with Crippen molar-refractivity contribution < 1.29 is 0 Å². The normalized spacial score (nSPS) is 21.9. The maximum atomic E-state index is 5.81. The summed E-state index contributed by atoms with van der Waals surface area (Å²) < 4.78 is 0. The molecule has 0 amide bonds. The second-order valence-corrected chi connectivity index (χ2v) is 3.53. The number of nitrogens with two attached hydrogens (primary N) is 1. The van der Waals surface area contributed by atoms with E-state index < -0.39 is 0 Å². The smallest absolute Gasteiger partial charge is 0.115 e. The second-order valence-electron chi connectivity index (χ2n) is 3.53. The molecule has 0 bridgehead atoms. The lowest BCUT2D eigenvalue weighted by Crippen LogP contribution is -2.26. The number of nitrogens with zero attached hydrogens (tertiary/aromatic N) is 3. The summed E-state index contributed by atoms with van der Waals surface area (Å²) in [5.74, 6) is 0. The van der Waals surface area contributed by atoms with Gasteiger partial charge in [-0.1, -0.05) is 0 Å². The molecule has 5 heteroatoms. The summed E-state index contributed by atoms with van der Waals surface area (Å²) in [6.45, 7) is 3.01. The summed E-state index contributed by atoms with van der Waals surface area (Å²) >= 11 is 0. The average molecular weight is 215 g/mol. The lowest BCUT2D eigenvalue weighted by Gasteiger charge is -2.13. The van der Waals surface area contributed by atoms with E-state index in [1.54, 1.807) is 6.33 Å². The van der Waals surface area contributed by atoms with Crippen molar-refractivity contribution in [3.8, 4) is 0 Å². The molecule has 2 N–H and O–H groups in total. The Hall–Kier alpha value is -0.710. The Labute approximate surface area is 89.9 Å². The lowest BCUT2D eigenvalue weighted by atomic mass is 10.3. The van der Waals surface area contributed by atoms with Crippen LogP contribution >= 0.6 is 12.4 Å². The van der Waals surface area contributed by atoms with Gasteiger partial charge in [0.15, 0.2) is 0 Å². The fourth-order valence-corrected chi connectivity index (χ4v) is 1.68. The van der Waals surface area contributed by atoms with Gasteiger partial charge in [0.25, 0.3) is 0 Å². The van der Waals surface area contributed by atoms with Gasteiger partial charge in [-0.25, -0.2) is 9.97 Å². The molecule has 0 aliphatic carbocycles. The first kappa shape index (κ1) is 11.4. The zero-order valence-corrected chi connectivity index (χ0v) is 8.78. The number of hydrogen-bond donors (Lipinski definition) is 1. The van der Waals surface area contributed by atoms with Gasteiger partial charge in [0.2, 0.25) is 0 Å². The van der Waals surface area contributed by atoms with Gasteiger partial charge in [-0.3, -0.25) is 4.90 Å². The van der Waals surface area contributed by atoms with Gasteiger partial charge < -0.3 is 5.73 Å². The van der Waals surface area contributed by atoms with Gasteiger partial charge in [-0.05, 0) is 6.42 Å². The molecule has 0 aromatic carbocycles. The Bertz CT molecular complexity index is 267. The van der Waals surface area contributed by atoms with Gasteiger partial charge >= 0.3 is 0 Å². The van der Waals surface area contributed by atoms with Crippen LogP contribution in [0.4, 0.5) is 0 Å². The minimum absolute atomic E-state index is 0. The van der Waals surface area contributed by atoms with Gasteiger partial charge in [0.1, 0.15) is 6.33 Å². The third kappa shape index (κ3) is 2.90. The lowest BCUT2D eigenvalue weighted by molar-refractivity contribution is 0.326. The quantitative estimate of drug-likeness (QED) is 0.776. The maximum absolute atomic E-state index is 5.81. The molecule has 1 aliphatic heterocycles. The van der Waals surface area contributed by atoms with Gasteiger partial charge in [0, 0.05) is 43.6 Å². The SMILES string of the molecule is Cl.N[C@@H]1CCN(Cc2cncnc2)C1. The molecule has 0 spiro atoms. The van der Waals surface area contributed by atoms with E-state index in [4.69, 9.17) is 5.73 Å². The van der Waals surface area contributed by atoms with Crippen LogP contribution in [-0.4, -0.2) is 34.0 Å². The molecule has 1 aromatic rings. The average Bonchev–Trinajstić information content (AvgIpc) is 2.53. The zero-order chi connectivity index (χ0) is 9.10. The van der Waals surface area contributed by atoms with E-state index in [9.17, 15) is 0 Å². The van der Waals surface area contributed by atoms with Crippen molar-refractivity contribution in [1.82, 2.24) is 14.9 Å². The highest BCUT2D eigenvalue weighted by atomic mass is 35.5. The zero-order valence-electron chi connectivity index (χ0n) is 7.97. The summed E-state index contributed by atoms with van der Waals surface area (Å²) in [6.07, 6.45) is 6.38. The molecule has 2 rings (SSSR count). The van der Waals surface area contributed by atoms with Crippen LogP contribution in [0.1, 0.15) is 12.0 Å². The number of aromatic nitrogens is 2. The van der Waals surface area contributed by atoms with E-state index in [1.165, 1.54) is 0 Å². The van der Waals surface area contributed by atoms with Crippen LogP contribution in [0.25, 0.3) is 0 Å². The number of likely N-dealkylation sites (tertiary alicyclic amines) is 1. The van der Waals surface area contributed by atoms with Crippen LogP contribution in [0.2, 0.25) is 0 Å². The maximum Gasteiger partial charge on any atom is 0.115 e. The van der Waals surface area contributed by atoms with Crippen molar-refractivity contribution >= 4 is 12.4 Å². The Morgan fingerprint density at radius 2 is 2.14 bits per heavy atom. The highest BCUT2D eigenvalue weighted by molar-refractivity contribution is 5.85. The van der Waals surface area contributed by atoms with Crippen LogP contribution in [0, 0.1) is 0 Å². The molecular formula is C9H15ClN4. The van der Waals surface area contributed by atoms with Crippen molar-refractivity contribution in [3.05, 3.63) is 24.3 Å². The first-order chi connectivity index (χ1) is 6.34. The Morgan fingerprint density at radius 3 is 2.71 bits per heavy atom. The van der Waals surface area contributed by atoms with Gasteiger partial charge in [-0.15, -0.1) is 12.4 Å². The molecule has 0 unspecified atom stereocenters. The van der Waals surface area contributed by atoms with E-state index in [0.29, 0.717) is 6.04 Å². The van der Waals surface area contributed by atoms with Crippen molar-refractivity contribution in [3.63, 3.8) is 0 Å². The Kier molecular flexibility index (Phi) is 4.25. The van der Waals surface area contributed by atoms with Crippen molar-refractivity contribution in [2.75, 3.05) is 13.1 Å². The van der Waals surface area contributed by atoms with E-state index in [0.717, 1.165) is 31.6 Å². The summed E-state index contributed by atoms with van der Waals surface area (Å²) in [4.78, 5) is 10.3. The highest BCUT2D eigenvalue weighted by Gasteiger charge is 2.18. The minimum Gasteiger partial charge on any atom is -0.326 e. The topological polar surface area (TPSA) is 55.0 Å². The molecule has 1 saturated heterocycles. The predicted molar refractivity (Wildman–Crippen MR) is 57.1 cm³/mol. The largest absolute Gasteiger partial charge is 0.326 e. The first-order valence-corrected chi connectivity index (χ1v) is 4.56. The molecule has 1 aromatic heterocycles. The van der Waals surface area contributed by atoms with Crippen LogP contribution in [0.5, 0.6) is 0 Å². The fraction of sp³-hybridized carbons (Fsp3) is 0.556. The van der Waals surface area contributed by atoms with Gasteiger partial charge in [-0.2, -0.15) is 0 Å². The van der Waals surface area contributed by atoms with E-state index >= 15 is 0 Å². The molecule has 14 heavy (non-hydrogen) atoms. The number of rotatable bonds is 2. The molecule has 2 heterocycles. The van der Waals surface area contributed by atoms with Crippen LogP contribution < -0.4 is 5.73 Å². The first-order valence-electron chi connectivity index (χ1n) is 4.56. The van der Waals surface area contributed by atoms with E-state index in [2.05, 4.69) is 14.9 Å². The van der Waals surface area contributed by atoms with Crippen molar-refractivity contribution in [1.29, 1.82) is 0 Å². The summed E-state index contributed by atoms with van der Waals surface area (Å²) in [6, 6.07) is 0.352. The minimum atomic E-state index is 0. The van der Waals surface area contributed by atoms with E-state index in [1.807, 2.05) is 12.4 Å². The molecule has 0 radical (unpaired) electrons. The molecule has 1 atom stereocenters. The molecule has 1 aliphatic rings. The third-order valence-corrected chi connectivity index (χ3v) is 2.33. The molecular weight excluding hydrogens is 200 g/mol. The second kappa shape index (κ2) is 5.24. The summed E-state index contributed by atoms with van der Waals surface area (Å²) in [7, 11) is 0. The molecule has 1 fully saturated rings. The Balaban J connectivity index is 0.000000980. The Morgan fingerprint density at radius 1 is 1.43 bits per heavy atom. The standard InChI is InChI=1S/C9H14N4.ClH/c10-9-1-2-13(6-9)5-8-3-11-7-12-4-8;/h3-4,7,9H,1-2,5-6,10H2;1H/t9-;/m1./s1. The molecule has 78 valence electrons.